The van der Waals surface area contributed by atoms with Gasteiger partial charge in [-0.15, -0.1) is 0 Å². The van der Waals surface area contributed by atoms with Crippen molar-refractivity contribution in [3.8, 4) is 6.07 Å². The minimum absolute atomic E-state index is 0.0638. The molecule has 0 N–H and O–H groups in total. The van der Waals surface area contributed by atoms with Crippen LogP contribution >= 0.6 is 0 Å². The van der Waals surface area contributed by atoms with Crippen LogP contribution in [0.25, 0.3) is 0 Å². The highest BCUT2D eigenvalue weighted by Crippen LogP contribution is 2.26. The van der Waals surface area contributed by atoms with Crippen molar-refractivity contribution in [1.29, 1.82) is 5.26 Å². The second-order valence-corrected chi connectivity index (χ2v) is 6.71. The molecule has 5 nitrogen and oxygen atoms in total. The standard InChI is InChI=1S/C11H15N3O2S/c1-8-11(3-5-12)9(2)14(13-8)10-4-6-17(15,16)7-10/h10H,3-4,6-7H2,1-2H3. The molecule has 2 rings (SSSR count). The van der Waals surface area contributed by atoms with Gasteiger partial charge in [-0.3, -0.25) is 4.68 Å². The van der Waals surface area contributed by atoms with E-state index < -0.39 is 9.84 Å². The zero-order chi connectivity index (χ0) is 12.6. The molecule has 17 heavy (non-hydrogen) atoms. The average Bonchev–Trinajstić information content (AvgIpc) is 2.73. The van der Waals surface area contributed by atoms with E-state index in [0.29, 0.717) is 12.8 Å². The fraction of sp³-hybridized carbons (Fsp3) is 0.636. The summed E-state index contributed by atoms with van der Waals surface area (Å²) < 4.78 is 24.7. The van der Waals surface area contributed by atoms with Gasteiger partial charge in [0.2, 0.25) is 0 Å². The Morgan fingerprint density at radius 3 is 2.76 bits per heavy atom. The fourth-order valence-corrected chi connectivity index (χ4v) is 4.05. The summed E-state index contributed by atoms with van der Waals surface area (Å²) in [5.74, 6) is 0.407. The van der Waals surface area contributed by atoms with E-state index in [1.54, 1.807) is 4.68 Å². The Morgan fingerprint density at radius 2 is 2.24 bits per heavy atom. The summed E-state index contributed by atoms with van der Waals surface area (Å²) >= 11 is 0. The van der Waals surface area contributed by atoms with Crippen molar-refractivity contribution in [3.63, 3.8) is 0 Å². The Balaban J connectivity index is 2.35. The summed E-state index contributed by atoms with van der Waals surface area (Å²) in [6.07, 6.45) is 0.952. The third-order valence-corrected chi connectivity index (χ3v) is 5.04. The average molecular weight is 253 g/mol. The van der Waals surface area contributed by atoms with Gasteiger partial charge < -0.3 is 0 Å². The molecule has 1 aromatic rings. The molecule has 1 fully saturated rings. The van der Waals surface area contributed by atoms with Crippen molar-refractivity contribution in [2.75, 3.05) is 11.5 Å². The van der Waals surface area contributed by atoms with Crippen molar-refractivity contribution in [2.45, 2.75) is 32.7 Å². The fourth-order valence-electron chi connectivity index (χ4n) is 2.36. The summed E-state index contributed by atoms with van der Waals surface area (Å²) in [5.41, 5.74) is 2.68. The molecule has 1 aromatic heterocycles. The molecule has 0 radical (unpaired) electrons. The summed E-state index contributed by atoms with van der Waals surface area (Å²) in [4.78, 5) is 0. The smallest absolute Gasteiger partial charge is 0.152 e. The lowest BCUT2D eigenvalue weighted by Crippen LogP contribution is -2.14. The Morgan fingerprint density at radius 1 is 1.53 bits per heavy atom. The van der Waals surface area contributed by atoms with E-state index in [-0.39, 0.29) is 17.5 Å². The normalized spacial score (nSPS) is 22.5. The predicted octanol–water partition coefficient (Wildman–Crippen LogP) is 0.926. The molecular formula is C11H15N3O2S. The van der Waals surface area contributed by atoms with Crippen LogP contribution in [0.15, 0.2) is 0 Å². The highest BCUT2D eigenvalue weighted by Gasteiger charge is 2.31. The number of hydrogen-bond acceptors (Lipinski definition) is 4. The van der Waals surface area contributed by atoms with Crippen LogP contribution in [0, 0.1) is 25.2 Å². The van der Waals surface area contributed by atoms with Gasteiger partial charge in [0, 0.05) is 11.3 Å². The number of aryl methyl sites for hydroxylation is 1. The molecule has 0 aliphatic carbocycles. The topological polar surface area (TPSA) is 75.8 Å². The van der Waals surface area contributed by atoms with Crippen LogP contribution < -0.4 is 0 Å². The summed E-state index contributed by atoms with van der Waals surface area (Å²) in [7, 11) is -2.90. The van der Waals surface area contributed by atoms with E-state index in [9.17, 15) is 8.42 Å². The Bertz CT molecular complexity index is 581. The van der Waals surface area contributed by atoms with Crippen LogP contribution in [-0.2, 0) is 16.3 Å². The third kappa shape index (κ3) is 2.20. The Labute approximate surface area is 101 Å². The van der Waals surface area contributed by atoms with Crippen LogP contribution in [-0.4, -0.2) is 29.7 Å². The van der Waals surface area contributed by atoms with Crippen molar-refractivity contribution < 1.29 is 8.42 Å². The van der Waals surface area contributed by atoms with E-state index >= 15 is 0 Å². The van der Waals surface area contributed by atoms with Crippen molar-refractivity contribution in [1.82, 2.24) is 9.78 Å². The molecule has 1 aliphatic heterocycles. The Hall–Kier alpha value is -1.35. The van der Waals surface area contributed by atoms with E-state index in [2.05, 4.69) is 11.2 Å². The predicted molar refractivity (Wildman–Crippen MR) is 63.3 cm³/mol. The Kier molecular flexibility index (Phi) is 2.96. The molecule has 92 valence electrons. The van der Waals surface area contributed by atoms with Gasteiger partial charge in [0.05, 0.1) is 35.7 Å². The zero-order valence-corrected chi connectivity index (χ0v) is 10.8. The minimum Gasteiger partial charge on any atom is -0.265 e. The van der Waals surface area contributed by atoms with Gasteiger partial charge in [0.15, 0.2) is 9.84 Å². The molecule has 1 atom stereocenters. The highest BCUT2D eigenvalue weighted by atomic mass is 32.2. The second-order valence-electron chi connectivity index (χ2n) is 4.49. The van der Waals surface area contributed by atoms with E-state index in [0.717, 1.165) is 17.0 Å². The molecule has 0 amide bonds. The summed E-state index contributed by atoms with van der Waals surface area (Å²) in [6.45, 7) is 3.76. The van der Waals surface area contributed by atoms with Gasteiger partial charge in [-0.25, -0.2) is 8.42 Å². The van der Waals surface area contributed by atoms with Gasteiger partial charge >= 0.3 is 0 Å². The maximum atomic E-state index is 11.4. The van der Waals surface area contributed by atoms with Crippen LogP contribution in [0.5, 0.6) is 0 Å². The van der Waals surface area contributed by atoms with Gasteiger partial charge in [0.1, 0.15) is 0 Å². The monoisotopic (exact) mass is 253 g/mol. The van der Waals surface area contributed by atoms with Crippen molar-refractivity contribution in [3.05, 3.63) is 17.0 Å². The first-order valence-electron chi connectivity index (χ1n) is 5.56. The van der Waals surface area contributed by atoms with Crippen LogP contribution in [0.1, 0.15) is 29.4 Å². The molecular weight excluding hydrogens is 238 g/mol. The molecule has 0 aromatic carbocycles. The molecule has 1 saturated heterocycles. The molecule has 0 saturated carbocycles. The quantitative estimate of drug-likeness (QED) is 0.785. The van der Waals surface area contributed by atoms with Crippen molar-refractivity contribution in [2.24, 2.45) is 0 Å². The first-order valence-corrected chi connectivity index (χ1v) is 7.38. The lowest BCUT2D eigenvalue weighted by atomic mass is 10.1. The molecule has 1 unspecified atom stereocenters. The molecule has 6 heteroatoms. The first-order chi connectivity index (χ1) is 7.94. The summed E-state index contributed by atoms with van der Waals surface area (Å²) in [5, 5.41) is 13.1. The third-order valence-electron chi connectivity index (χ3n) is 3.28. The van der Waals surface area contributed by atoms with Gasteiger partial charge in [0.25, 0.3) is 0 Å². The minimum atomic E-state index is -2.90. The summed E-state index contributed by atoms with van der Waals surface area (Å²) in [6, 6.07) is 2.05. The lowest BCUT2D eigenvalue weighted by Gasteiger charge is -2.10. The van der Waals surface area contributed by atoms with Gasteiger partial charge in [-0.2, -0.15) is 10.4 Å². The number of aromatic nitrogens is 2. The molecule has 1 aliphatic rings. The first kappa shape index (κ1) is 12.1. The maximum absolute atomic E-state index is 11.4. The SMILES string of the molecule is Cc1nn(C2CCS(=O)(=O)C2)c(C)c1CC#N. The van der Waals surface area contributed by atoms with Gasteiger partial charge in [-0.1, -0.05) is 0 Å². The van der Waals surface area contributed by atoms with Crippen LogP contribution in [0.2, 0.25) is 0 Å². The van der Waals surface area contributed by atoms with Gasteiger partial charge in [-0.05, 0) is 20.3 Å². The number of rotatable bonds is 2. The number of sulfone groups is 1. The molecule has 2 heterocycles. The van der Waals surface area contributed by atoms with Crippen molar-refractivity contribution >= 4 is 9.84 Å². The van der Waals surface area contributed by atoms with E-state index in [1.807, 2.05) is 13.8 Å². The molecule has 0 spiro atoms. The number of nitriles is 1. The molecule has 0 bridgehead atoms. The van der Waals surface area contributed by atoms with Crippen LogP contribution in [0.3, 0.4) is 0 Å². The highest BCUT2D eigenvalue weighted by molar-refractivity contribution is 7.91. The number of hydrogen-bond donors (Lipinski definition) is 0. The lowest BCUT2D eigenvalue weighted by molar-refractivity contribution is 0.485. The maximum Gasteiger partial charge on any atom is 0.152 e. The second kappa shape index (κ2) is 4.15. The largest absolute Gasteiger partial charge is 0.265 e. The van der Waals surface area contributed by atoms with E-state index in [4.69, 9.17) is 5.26 Å². The zero-order valence-electron chi connectivity index (χ0n) is 9.97. The number of nitrogens with zero attached hydrogens (tertiary/aromatic N) is 3. The van der Waals surface area contributed by atoms with E-state index in [1.165, 1.54) is 0 Å². The van der Waals surface area contributed by atoms with Crippen LogP contribution in [0.4, 0.5) is 0 Å².